The highest BCUT2D eigenvalue weighted by Crippen LogP contribution is 2.32. The summed E-state index contributed by atoms with van der Waals surface area (Å²) in [6.45, 7) is 9.32. The van der Waals surface area contributed by atoms with Gasteiger partial charge in [0.1, 0.15) is 5.01 Å². The fourth-order valence-corrected chi connectivity index (χ4v) is 3.25. The fraction of sp³-hybridized carbons (Fsp3) is 0.400. The molecule has 5 heteroatoms. The molecule has 0 bridgehead atoms. The number of hydrogen-bond acceptors (Lipinski definition) is 3. The Morgan fingerprint density at radius 2 is 1.75 bits per heavy atom. The molecule has 1 heterocycles. The third kappa shape index (κ3) is 4.19. The summed E-state index contributed by atoms with van der Waals surface area (Å²) in [6, 6.07) is 5.52. The molecule has 2 nitrogen and oxygen atoms in total. The summed E-state index contributed by atoms with van der Waals surface area (Å²) < 4.78 is 0. The monoisotopic (exact) mass is 328 g/mol. The number of benzene rings is 1. The molecular weight excluding hydrogens is 311 g/mol. The van der Waals surface area contributed by atoms with Crippen LogP contribution in [0.3, 0.4) is 0 Å². The van der Waals surface area contributed by atoms with Gasteiger partial charge < -0.3 is 5.32 Å². The Kier molecular flexibility index (Phi) is 4.75. The number of rotatable bonds is 3. The molecule has 1 aromatic carbocycles. The van der Waals surface area contributed by atoms with Crippen molar-refractivity contribution in [2.45, 2.75) is 39.8 Å². The number of aromatic nitrogens is 1. The van der Waals surface area contributed by atoms with E-state index in [2.05, 4.69) is 31.1 Å². The van der Waals surface area contributed by atoms with Crippen LogP contribution in [0.25, 0.3) is 10.6 Å². The standard InChI is InChI=1S/C15H18Cl2N2S/c1-9-13(8-18-15(2,3)4)20-14(19-9)10-5-11(16)7-12(17)6-10/h5-7,18H,8H2,1-4H3. The Bertz CT molecular complexity index is 595. The Morgan fingerprint density at radius 3 is 2.30 bits per heavy atom. The Hall–Kier alpha value is -0.610. The summed E-state index contributed by atoms with van der Waals surface area (Å²) >= 11 is 13.8. The molecule has 0 aliphatic heterocycles. The first-order valence-corrected chi connectivity index (χ1v) is 8.00. The van der Waals surface area contributed by atoms with Crippen LogP contribution in [-0.4, -0.2) is 10.5 Å². The zero-order chi connectivity index (χ0) is 14.9. The Balaban J connectivity index is 2.26. The predicted molar refractivity (Wildman–Crippen MR) is 88.9 cm³/mol. The molecule has 0 fully saturated rings. The van der Waals surface area contributed by atoms with Gasteiger partial charge in [0.05, 0.1) is 5.69 Å². The summed E-state index contributed by atoms with van der Waals surface area (Å²) in [5, 5.41) is 5.71. The lowest BCUT2D eigenvalue weighted by atomic mass is 10.1. The van der Waals surface area contributed by atoms with Crippen LogP contribution in [0.15, 0.2) is 18.2 Å². The van der Waals surface area contributed by atoms with E-state index in [4.69, 9.17) is 23.2 Å². The second-order valence-corrected chi connectivity index (χ2v) is 7.75. The van der Waals surface area contributed by atoms with Gasteiger partial charge in [-0.3, -0.25) is 0 Å². The zero-order valence-electron chi connectivity index (χ0n) is 12.1. The molecule has 0 unspecified atom stereocenters. The first kappa shape index (κ1) is 15.8. The summed E-state index contributed by atoms with van der Waals surface area (Å²) in [5.74, 6) is 0. The summed E-state index contributed by atoms with van der Waals surface area (Å²) in [5.41, 5.74) is 2.12. The predicted octanol–water partition coefficient (Wildman–Crippen LogP) is 5.31. The van der Waals surface area contributed by atoms with Gasteiger partial charge in [-0.25, -0.2) is 4.98 Å². The van der Waals surface area contributed by atoms with Gasteiger partial charge in [-0.05, 0) is 45.9 Å². The van der Waals surface area contributed by atoms with Crippen LogP contribution < -0.4 is 5.32 Å². The van der Waals surface area contributed by atoms with Crippen LogP contribution in [0.1, 0.15) is 31.3 Å². The van der Waals surface area contributed by atoms with Crippen molar-refractivity contribution in [3.63, 3.8) is 0 Å². The third-order valence-corrected chi connectivity index (χ3v) is 4.42. The molecular formula is C15H18Cl2N2S. The number of nitrogens with one attached hydrogen (secondary N) is 1. The molecule has 2 rings (SSSR count). The maximum atomic E-state index is 6.05. The van der Waals surface area contributed by atoms with Gasteiger partial charge >= 0.3 is 0 Å². The van der Waals surface area contributed by atoms with E-state index in [0.29, 0.717) is 10.0 Å². The molecule has 20 heavy (non-hydrogen) atoms. The van der Waals surface area contributed by atoms with Crippen molar-refractivity contribution in [3.8, 4) is 10.6 Å². The molecule has 0 atom stereocenters. The van der Waals surface area contributed by atoms with Gasteiger partial charge in [0.25, 0.3) is 0 Å². The lowest BCUT2D eigenvalue weighted by Crippen LogP contribution is -2.34. The highest BCUT2D eigenvalue weighted by atomic mass is 35.5. The van der Waals surface area contributed by atoms with Crippen molar-refractivity contribution < 1.29 is 0 Å². The summed E-state index contributed by atoms with van der Waals surface area (Å²) in [4.78, 5) is 5.87. The number of nitrogens with zero attached hydrogens (tertiary/aromatic N) is 1. The zero-order valence-corrected chi connectivity index (χ0v) is 14.4. The lowest BCUT2D eigenvalue weighted by Gasteiger charge is -2.19. The lowest BCUT2D eigenvalue weighted by molar-refractivity contribution is 0.425. The van der Waals surface area contributed by atoms with Crippen molar-refractivity contribution >= 4 is 34.5 Å². The van der Waals surface area contributed by atoms with E-state index in [1.807, 2.05) is 19.1 Å². The third-order valence-electron chi connectivity index (χ3n) is 2.78. The largest absolute Gasteiger partial charge is 0.307 e. The van der Waals surface area contributed by atoms with Crippen LogP contribution >= 0.6 is 34.5 Å². The number of halogens is 2. The van der Waals surface area contributed by atoms with Crippen LogP contribution in [0.4, 0.5) is 0 Å². The fourth-order valence-electron chi connectivity index (χ4n) is 1.74. The van der Waals surface area contributed by atoms with E-state index < -0.39 is 0 Å². The molecule has 0 saturated carbocycles. The normalized spacial score (nSPS) is 11.9. The minimum Gasteiger partial charge on any atom is -0.307 e. The molecule has 0 amide bonds. The van der Waals surface area contributed by atoms with Crippen LogP contribution in [0.2, 0.25) is 10.0 Å². The van der Waals surface area contributed by atoms with E-state index in [1.165, 1.54) is 4.88 Å². The van der Waals surface area contributed by atoms with Crippen molar-refractivity contribution in [1.82, 2.24) is 10.3 Å². The second-order valence-electron chi connectivity index (χ2n) is 5.79. The van der Waals surface area contributed by atoms with E-state index >= 15 is 0 Å². The molecule has 0 saturated heterocycles. The van der Waals surface area contributed by atoms with Crippen molar-refractivity contribution in [3.05, 3.63) is 38.8 Å². The van der Waals surface area contributed by atoms with E-state index in [9.17, 15) is 0 Å². The van der Waals surface area contributed by atoms with Gasteiger partial charge in [0.15, 0.2) is 0 Å². The van der Waals surface area contributed by atoms with Gasteiger partial charge in [0.2, 0.25) is 0 Å². The van der Waals surface area contributed by atoms with Crippen LogP contribution in [0, 0.1) is 6.92 Å². The molecule has 0 aliphatic rings. The molecule has 108 valence electrons. The van der Waals surface area contributed by atoms with Gasteiger partial charge in [0, 0.05) is 32.6 Å². The second kappa shape index (κ2) is 6.02. The topological polar surface area (TPSA) is 24.9 Å². The average molecular weight is 329 g/mol. The van der Waals surface area contributed by atoms with E-state index in [0.717, 1.165) is 22.8 Å². The Morgan fingerprint density at radius 1 is 1.15 bits per heavy atom. The SMILES string of the molecule is Cc1nc(-c2cc(Cl)cc(Cl)c2)sc1CNC(C)(C)C. The highest BCUT2D eigenvalue weighted by molar-refractivity contribution is 7.15. The maximum absolute atomic E-state index is 6.05. The number of thiazole rings is 1. The highest BCUT2D eigenvalue weighted by Gasteiger charge is 2.14. The smallest absolute Gasteiger partial charge is 0.124 e. The van der Waals surface area contributed by atoms with Crippen LogP contribution in [0.5, 0.6) is 0 Å². The first-order valence-electron chi connectivity index (χ1n) is 6.42. The average Bonchev–Trinajstić information content (AvgIpc) is 2.66. The molecule has 0 spiro atoms. The van der Waals surface area contributed by atoms with Gasteiger partial charge in [-0.2, -0.15) is 0 Å². The first-order chi connectivity index (χ1) is 9.24. The minimum atomic E-state index is 0.0932. The molecule has 1 N–H and O–H groups in total. The number of hydrogen-bond donors (Lipinski definition) is 1. The molecule has 0 aliphatic carbocycles. The van der Waals surface area contributed by atoms with Gasteiger partial charge in [-0.1, -0.05) is 23.2 Å². The Labute approximate surface area is 134 Å². The van der Waals surface area contributed by atoms with E-state index in [-0.39, 0.29) is 5.54 Å². The van der Waals surface area contributed by atoms with E-state index in [1.54, 1.807) is 17.4 Å². The molecule has 2 aromatic rings. The van der Waals surface area contributed by atoms with Crippen LogP contribution in [-0.2, 0) is 6.54 Å². The summed E-state index contributed by atoms with van der Waals surface area (Å²) in [7, 11) is 0. The van der Waals surface area contributed by atoms with Crippen molar-refractivity contribution in [2.75, 3.05) is 0 Å². The maximum Gasteiger partial charge on any atom is 0.124 e. The number of aryl methyl sites for hydroxylation is 1. The summed E-state index contributed by atoms with van der Waals surface area (Å²) in [6.07, 6.45) is 0. The quantitative estimate of drug-likeness (QED) is 0.825. The van der Waals surface area contributed by atoms with Gasteiger partial charge in [-0.15, -0.1) is 11.3 Å². The van der Waals surface area contributed by atoms with Crippen molar-refractivity contribution in [1.29, 1.82) is 0 Å². The molecule has 0 radical (unpaired) electrons. The molecule has 1 aromatic heterocycles. The van der Waals surface area contributed by atoms with Crippen molar-refractivity contribution in [2.24, 2.45) is 0 Å². The minimum absolute atomic E-state index is 0.0932.